The molecule has 0 bridgehead atoms. The maximum Gasteiger partial charge on any atom is 0.223 e. The molecule has 0 saturated carbocycles. The number of aromatic nitrogens is 1. The predicted octanol–water partition coefficient (Wildman–Crippen LogP) is 0.670. The fourth-order valence-electron chi connectivity index (χ4n) is 2.07. The van der Waals surface area contributed by atoms with Crippen molar-refractivity contribution >= 4 is 22.4 Å². The third kappa shape index (κ3) is 3.28. The Morgan fingerprint density at radius 3 is 2.94 bits per heavy atom. The van der Waals surface area contributed by atoms with E-state index in [2.05, 4.69) is 10.3 Å². The Bertz CT molecular complexity index is 358. The second kappa shape index (κ2) is 5.41. The quantitative estimate of drug-likeness (QED) is 0.816. The molecule has 1 aromatic heterocycles. The molecule has 2 rings (SSSR count). The van der Waals surface area contributed by atoms with E-state index in [0.29, 0.717) is 0 Å². The topological polar surface area (TPSA) is 46.4 Å². The summed E-state index contributed by atoms with van der Waals surface area (Å²) in [7, 11) is 0. The second-order valence-electron chi connectivity index (χ2n) is 4.30. The molecule has 1 aromatic rings. The lowest BCUT2D eigenvalue weighted by atomic mass is 10.1. The third-order valence-corrected chi connectivity index (χ3v) is 3.73. The fraction of sp³-hybridized carbons (Fsp3) is 0.636. The van der Waals surface area contributed by atoms with Crippen molar-refractivity contribution in [1.82, 2.24) is 4.98 Å². The van der Waals surface area contributed by atoms with E-state index in [-0.39, 0.29) is 5.91 Å². The molecule has 0 aliphatic carbocycles. The first-order chi connectivity index (χ1) is 7.74. The Kier molecular flexibility index (Phi) is 3.90. The number of thiazole rings is 1. The molecule has 4 nitrogen and oxygen atoms in total. The number of carbonyl (C=O) groups excluding carboxylic acids is 1. The lowest BCUT2D eigenvalue weighted by molar-refractivity contribution is -0.918. The molecular formula is C11H18N3OS+. The van der Waals surface area contributed by atoms with Gasteiger partial charge in [0.1, 0.15) is 6.54 Å². The highest BCUT2D eigenvalue weighted by molar-refractivity contribution is 7.15. The van der Waals surface area contributed by atoms with Crippen molar-refractivity contribution in [1.29, 1.82) is 0 Å². The first-order valence-electron chi connectivity index (χ1n) is 5.80. The monoisotopic (exact) mass is 240 g/mol. The summed E-state index contributed by atoms with van der Waals surface area (Å²) in [5.41, 5.74) is 0. The predicted molar refractivity (Wildman–Crippen MR) is 64.7 cm³/mol. The normalized spacial score (nSPS) is 17.3. The van der Waals surface area contributed by atoms with Gasteiger partial charge in [-0.25, -0.2) is 4.98 Å². The number of nitrogens with one attached hydrogen (secondary N) is 2. The molecule has 0 atom stereocenters. The van der Waals surface area contributed by atoms with Crippen molar-refractivity contribution in [2.45, 2.75) is 32.7 Å². The summed E-state index contributed by atoms with van der Waals surface area (Å²) in [5, 5.41) is 3.44. The van der Waals surface area contributed by atoms with Gasteiger partial charge in [0.2, 0.25) is 5.91 Å². The lowest BCUT2D eigenvalue weighted by Crippen LogP contribution is -3.11. The number of rotatable bonds is 3. The summed E-state index contributed by atoms with van der Waals surface area (Å²) >= 11 is 1.59. The van der Waals surface area contributed by atoms with Crippen LogP contribution in [0.4, 0.5) is 5.13 Å². The number of nitrogens with zero attached hydrogens (tertiary/aromatic N) is 1. The van der Waals surface area contributed by atoms with Crippen LogP contribution in [-0.4, -0.2) is 24.0 Å². The van der Waals surface area contributed by atoms with Crippen LogP contribution in [0, 0.1) is 0 Å². The smallest absolute Gasteiger partial charge is 0.223 e. The molecule has 16 heavy (non-hydrogen) atoms. The summed E-state index contributed by atoms with van der Waals surface area (Å²) in [6.07, 6.45) is 5.94. The summed E-state index contributed by atoms with van der Waals surface area (Å²) in [4.78, 5) is 18.0. The van der Waals surface area contributed by atoms with Crippen LogP contribution < -0.4 is 10.2 Å². The summed E-state index contributed by atoms with van der Waals surface area (Å²) in [6.45, 7) is 5.11. The number of carbonyl (C=O) groups is 1. The van der Waals surface area contributed by atoms with E-state index in [1.807, 2.05) is 6.20 Å². The van der Waals surface area contributed by atoms with Crippen LogP contribution in [0.15, 0.2) is 6.20 Å². The number of likely N-dealkylation sites (tertiary alicyclic amines) is 1. The maximum atomic E-state index is 10.9. The van der Waals surface area contributed by atoms with E-state index >= 15 is 0 Å². The van der Waals surface area contributed by atoms with Gasteiger partial charge in [-0.1, -0.05) is 11.3 Å². The van der Waals surface area contributed by atoms with Gasteiger partial charge in [0, 0.05) is 13.1 Å². The van der Waals surface area contributed by atoms with Crippen molar-refractivity contribution in [2.24, 2.45) is 0 Å². The molecule has 1 fully saturated rings. The van der Waals surface area contributed by atoms with Gasteiger partial charge in [-0.15, -0.1) is 0 Å². The molecule has 0 spiro atoms. The van der Waals surface area contributed by atoms with Gasteiger partial charge in [-0.05, 0) is 19.3 Å². The van der Waals surface area contributed by atoms with Crippen molar-refractivity contribution < 1.29 is 9.69 Å². The van der Waals surface area contributed by atoms with E-state index in [0.717, 1.165) is 11.7 Å². The average Bonchev–Trinajstić information content (AvgIpc) is 2.66. The number of quaternary nitrogens is 1. The average molecular weight is 240 g/mol. The minimum atomic E-state index is -0.0498. The van der Waals surface area contributed by atoms with Crippen molar-refractivity contribution in [3.8, 4) is 0 Å². The number of hydrogen-bond donors (Lipinski definition) is 2. The summed E-state index contributed by atoms with van der Waals surface area (Å²) < 4.78 is 0. The van der Waals surface area contributed by atoms with Gasteiger partial charge in [-0.3, -0.25) is 4.79 Å². The molecule has 0 unspecified atom stereocenters. The van der Waals surface area contributed by atoms with Crippen LogP contribution in [0.2, 0.25) is 0 Å². The van der Waals surface area contributed by atoms with Crippen LogP contribution in [0.1, 0.15) is 31.1 Å². The number of hydrogen-bond acceptors (Lipinski definition) is 3. The molecule has 2 N–H and O–H groups in total. The number of piperidine rings is 1. The summed E-state index contributed by atoms with van der Waals surface area (Å²) in [6, 6.07) is 0. The minimum absolute atomic E-state index is 0.0498. The molecule has 1 saturated heterocycles. The Labute approximate surface area is 99.7 Å². The Hall–Kier alpha value is -0.940. The molecule has 1 aliphatic rings. The molecular weight excluding hydrogens is 222 g/mol. The number of amides is 1. The van der Waals surface area contributed by atoms with E-state index in [1.165, 1.54) is 44.2 Å². The number of anilines is 1. The highest BCUT2D eigenvalue weighted by Crippen LogP contribution is 2.17. The van der Waals surface area contributed by atoms with Gasteiger partial charge >= 0.3 is 0 Å². The fourth-order valence-corrected chi connectivity index (χ4v) is 3.00. The SMILES string of the molecule is CC(=O)Nc1ncc(C[NH+]2CCCCC2)s1. The zero-order chi connectivity index (χ0) is 11.4. The molecule has 1 aliphatic heterocycles. The van der Waals surface area contributed by atoms with E-state index in [4.69, 9.17) is 0 Å². The van der Waals surface area contributed by atoms with Crippen molar-refractivity contribution in [2.75, 3.05) is 18.4 Å². The van der Waals surface area contributed by atoms with Crippen LogP contribution in [0.5, 0.6) is 0 Å². The zero-order valence-electron chi connectivity index (χ0n) is 9.58. The molecule has 5 heteroatoms. The van der Waals surface area contributed by atoms with Crippen molar-refractivity contribution in [3.63, 3.8) is 0 Å². The molecule has 2 heterocycles. The standard InChI is InChI=1S/C11H17N3OS/c1-9(15)13-11-12-7-10(16-11)8-14-5-3-2-4-6-14/h7H,2-6,8H2,1H3,(H,12,13,15)/p+1. The van der Waals surface area contributed by atoms with E-state index < -0.39 is 0 Å². The Balaban J connectivity index is 1.88. The van der Waals surface area contributed by atoms with Crippen LogP contribution >= 0.6 is 11.3 Å². The van der Waals surface area contributed by atoms with Gasteiger partial charge in [0.15, 0.2) is 5.13 Å². The van der Waals surface area contributed by atoms with Gasteiger partial charge in [0.05, 0.1) is 18.0 Å². The van der Waals surface area contributed by atoms with Gasteiger partial charge in [-0.2, -0.15) is 0 Å². The molecule has 0 aromatic carbocycles. The van der Waals surface area contributed by atoms with Crippen LogP contribution in [-0.2, 0) is 11.3 Å². The maximum absolute atomic E-state index is 10.9. The van der Waals surface area contributed by atoms with Crippen LogP contribution in [0.25, 0.3) is 0 Å². The van der Waals surface area contributed by atoms with E-state index in [1.54, 1.807) is 16.2 Å². The summed E-state index contributed by atoms with van der Waals surface area (Å²) in [5.74, 6) is -0.0498. The highest BCUT2D eigenvalue weighted by Gasteiger charge is 2.15. The lowest BCUT2D eigenvalue weighted by Gasteiger charge is -2.22. The first kappa shape index (κ1) is 11.5. The minimum Gasteiger partial charge on any atom is -0.330 e. The Morgan fingerprint density at radius 2 is 2.25 bits per heavy atom. The molecule has 0 radical (unpaired) electrons. The van der Waals surface area contributed by atoms with Gasteiger partial charge < -0.3 is 10.2 Å². The largest absolute Gasteiger partial charge is 0.330 e. The molecule has 1 amide bonds. The van der Waals surface area contributed by atoms with Crippen LogP contribution in [0.3, 0.4) is 0 Å². The third-order valence-electron chi connectivity index (χ3n) is 2.82. The zero-order valence-corrected chi connectivity index (χ0v) is 10.4. The van der Waals surface area contributed by atoms with Gasteiger partial charge in [0.25, 0.3) is 0 Å². The second-order valence-corrected chi connectivity index (χ2v) is 5.42. The van der Waals surface area contributed by atoms with E-state index in [9.17, 15) is 4.79 Å². The molecule has 88 valence electrons. The van der Waals surface area contributed by atoms with Crippen molar-refractivity contribution in [3.05, 3.63) is 11.1 Å². The Morgan fingerprint density at radius 1 is 1.50 bits per heavy atom. The highest BCUT2D eigenvalue weighted by atomic mass is 32.1. The first-order valence-corrected chi connectivity index (χ1v) is 6.61.